The predicted molar refractivity (Wildman–Crippen MR) is 70.4 cm³/mol. The van der Waals surface area contributed by atoms with Crippen molar-refractivity contribution < 1.29 is 19.4 Å². The van der Waals surface area contributed by atoms with Crippen LogP contribution in [0.5, 0.6) is 5.75 Å². The molecule has 0 fully saturated rings. The number of anilines is 1. The van der Waals surface area contributed by atoms with Gasteiger partial charge < -0.3 is 15.2 Å². The maximum absolute atomic E-state index is 11.6. The van der Waals surface area contributed by atoms with Crippen LogP contribution in [-0.2, 0) is 15.0 Å². The number of rotatable bonds is 3. The lowest BCUT2D eigenvalue weighted by atomic mass is 9.81. The number of amides is 1. The van der Waals surface area contributed by atoms with Crippen LogP contribution in [0, 0.1) is 0 Å². The Morgan fingerprint density at radius 3 is 2.79 bits per heavy atom. The van der Waals surface area contributed by atoms with E-state index < -0.39 is 17.5 Å². The molecule has 1 aliphatic rings. The van der Waals surface area contributed by atoms with Crippen molar-refractivity contribution in [2.24, 2.45) is 0 Å². The number of fused-ring (bicyclic) bond motifs is 1. The highest BCUT2D eigenvalue weighted by Gasteiger charge is 2.28. The standard InChI is InChI=1S/C14H17NO4/c1-8-13(18)15-10-6-9(4-5-11(10)19-8)14(2,3)7-12(16)17/h4-6,8H,7H2,1-3H3,(H,15,18)(H,16,17). The fraction of sp³-hybridized carbons (Fsp3) is 0.429. The average Bonchev–Trinajstić information content (AvgIpc) is 2.28. The van der Waals surface area contributed by atoms with Gasteiger partial charge in [0.05, 0.1) is 12.1 Å². The summed E-state index contributed by atoms with van der Waals surface area (Å²) in [6, 6.07) is 5.39. The van der Waals surface area contributed by atoms with Gasteiger partial charge in [0, 0.05) is 5.41 Å². The maximum Gasteiger partial charge on any atom is 0.304 e. The lowest BCUT2D eigenvalue weighted by Crippen LogP contribution is -2.34. The second-order valence-corrected chi connectivity index (χ2v) is 5.41. The van der Waals surface area contributed by atoms with Crippen molar-refractivity contribution in [2.45, 2.75) is 38.7 Å². The van der Waals surface area contributed by atoms with E-state index in [0.717, 1.165) is 5.56 Å². The molecule has 1 aliphatic heterocycles. The van der Waals surface area contributed by atoms with Crippen molar-refractivity contribution >= 4 is 17.6 Å². The molecule has 102 valence electrons. The molecule has 1 aromatic rings. The Bertz CT molecular complexity index is 536. The lowest BCUT2D eigenvalue weighted by Gasteiger charge is -2.27. The Kier molecular flexibility index (Phi) is 3.22. The normalized spacial score (nSPS) is 18.3. The van der Waals surface area contributed by atoms with E-state index in [1.54, 1.807) is 19.1 Å². The first kappa shape index (κ1) is 13.4. The number of nitrogens with one attached hydrogen (secondary N) is 1. The summed E-state index contributed by atoms with van der Waals surface area (Å²) in [6.07, 6.45) is -0.484. The summed E-state index contributed by atoms with van der Waals surface area (Å²) >= 11 is 0. The number of carboxylic acids is 1. The SMILES string of the molecule is CC1Oc2ccc(C(C)(C)CC(=O)O)cc2NC1=O. The number of carbonyl (C=O) groups excluding carboxylic acids is 1. The summed E-state index contributed by atoms with van der Waals surface area (Å²) in [5.74, 6) is -0.431. The first-order valence-electron chi connectivity index (χ1n) is 6.13. The van der Waals surface area contributed by atoms with Gasteiger partial charge in [-0.05, 0) is 24.6 Å². The highest BCUT2D eigenvalue weighted by atomic mass is 16.5. The monoisotopic (exact) mass is 263 g/mol. The van der Waals surface area contributed by atoms with Crippen LogP contribution in [0.25, 0.3) is 0 Å². The number of hydrogen-bond donors (Lipinski definition) is 2. The van der Waals surface area contributed by atoms with Crippen LogP contribution in [0.1, 0.15) is 32.8 Å². The van der Waals surface area contributed by atoms with E-state index >= 15 is 0 Å². The van der Waals surface area contributed by atoms with Crippen molar-refractivity contribution in [1.82, 2.24) is 0 Å². The first-order chi connectivity index (χ1) is 8.79. The zero-order valence-electron chi connectivity index (χ0n) is 11.2. The quantitative estimate of drug-likeness (QED) is 0.876. The average molecular weight is 263 g/mol. The van der Waals surface area contributed by atoms with Crippen LogP contribution in [0.2, 0.25) is 0 Å². The van der Waals surface area contributed by atoms with Gasteiger partial charge in [-0.3, -0.25) is 9.59 Å². The number of hydrogen-bond acceptors (Lipinski definition) is 3. The van der Waals surface area contributed by atoms with E-state index in [4.69, 9.17) is 9.84 Å². The molecule has 1 heterocycles. The summed E-state index contributed by atoms with van der Waals surface area (Å²) in [5.41, 5.74) is 0.945. The largest absolute Gasteiger partial charge is 0.481 e. The predicted octanol–water partition coefficient (Wildman–Crippen LogP) is 2.16. The van der Waals surface area contributed by atoms with Gasteiger partial charge in [0.25, 0.3) is 5.91 Å². The molecule has 0 radical (unpaired) electrons. The van der Waals surface area contributed by atoms with E-state index in [0.29, 0.717) is 11.4 Å². The molecule has 5 nitrogen and oxygen atoms in total. The third kappa shape index (κ3) is 2.70. The Morgan fingerprint density at radius 1 is 1.47 bits per heavy atom. The van der Waals surface area contributed by atoms with Crippen molar-refractivity contribution in [2.75, 3.05) is 5.32 Å². The molecule has 5 heteroatoms. The molecule has 2 N–H and O–H groups in total. The number of aliphatic carboxylic acids is 1. The molecule has 1 unspecified atom stereocenters. The summed E-state index contributed by atoms with van der Waals surface area (Å²) in [4.78, 5) is 22.4. The summed E-state index contributed by atoms with van der Waals surface area (Å²) in [7, 11) is 0. The molecule has 1 atom stereocenters. The van der Waals surface area contributed by atoms with Gasteiger partial charge >= 0.3 is 5.97 Å². The first-order valence-corrected chi connectivity index (χ1v) is 6.13. The van der Waals surface area contributed by atoms with E-state index in [2.05, 4.69) is 5.32 Å². The lowest BCUT2D eigenvalue weighted by molar-refractivity contribution is -0.138. The second kappa shape index (κ2) is 4.57. The van der Waals surface area contributed by atoms with Gasteiger partial charge in [-0.1, -0.05) is 19.9 Å². The fourth-order valence-corrected chi connectivity index (χ4v) is 2.11. The molecular formula is C14H17NO4. The Labute approximate surface area is 111 Å². The molecule has 0 aromatic heterocycles. The number of carbonyl (C=O) groups is 2. The molecule has 2 rings (SSSR count). The fourth-order valence-electron chi connectivity index (χ4n) is 2.11. The van der Waals surface area contributed by atoms with Crippen LogP contribution >= 0.6 is 0 Å². The van der Waals surface area contributed by atoms with Crippen LogP contribution < -0.4 is 10.1 Å². The molecule has 19 heavy (non-hydrogen) atoms. The second-order valence-electron chi connectivity index (χ2n) is 5.41. The van der Waals surface area contributed by atoms with E-state index in [1.165, 1.54) is 0 Å². The van der Waals surface area contributed by atoms with E-state index in [1.807, 2.05) is 19.9 Å². The molecule has 0 aliphatic carbocycles. The summed E-state index contributed by atoms with van der Waals surface area (Å²) in [6.45, 7) is 5.40. The van der Waals surface area contributed by atoms with Crippen LogP contribution in [0.15, 0.2) is 18.2 Å². The van der Waals surface area contributed by atoms with Gasteiger partial charge in [-0.25, -0.2) is 0 Å². The van der Waals surface area contributed by atoms with Crippen molar-refractivity contribution in [3.8, 4) is 5.75 Å². The van der Waals surface area contributed by atoms with Crippen molar-refractivity contribution in [3.63, 3.8) is 0 Å². The molecule has 1 amide bonds. The smallest absolute Gasteiger partial charge is 0.304 e. The Balaban J connectivity index is 2.34. The number of ether oxygens (including phenoxy) is 1. The summed E-state index contributed by atoms with van der Waals surface area (Å²) < 4.78 is 5.46. The number of carboxylic acid groups (broad SMARTS) is 1. The third-order valence-electron chi connectivity index (χ3n) is 3.29. The molecular weight excluding hydrogens is 246 g/mol. The molecule has 0 bridgehead atoms. The Morgan fingerprint density at radius 2 is 2.16 bits per heavy atom. The Hall–Kier alpha value is -2.04. The maximum atomic E-state index is 11.6. The minimum absolute atomic E-state index is 0.0248. The molecule has 0 saturated carbocycles. The van der Waals surface area contributed by atoms with E-state index in [9.17, 15) is 9.59 Å². The summed E-state index contributed by atoms with van der Waals surface area (Å²) in [5, 5.41) is 11.7. The van der Waals surface area contributed by atoms with Crippen molar-refractivity contribution in [3.05, 3.63) is 23.8 Å². The zero-order chi connectivity index (χ0) is 14.2. The minimum Gasteiger partial charge on any atom is -0.481 e. The minimum atomic E-state index is -0.850. The number of benzene rings is 1. The highest BCUT2D eigenvalue weighted by Crippen LogP contribution is 2.35. The molecule has 0 spiro atoms. The van der Waals surface area contributed by atoms with Crippen molar-refractivity contribution in [1.29, 1.82) is 0 Å². The van der Waals surface area contributed by atoms with Gasteiger partial charge in [0.15, 0.2) is 6.10 Å². The van der Waals surface area contributed by atoms with Gasteiger partial charge in [-0.2, -0.15) is 0 Å². The van der Waals surface area contributed by atoms with Crippen LogP contribution in [0.3, 0.4) is 0 Å². The topological polar surface area (TPSA) is 75.6 Å². The zero-order valence-corrected chi connectivity index (χ0v) is 11.2. The van der Waals surface area contributed by atoms with Gasteiger partial charge in [0.1, 0.15) is 5.75 Å². The highest BCUT2D eigenvalue weighted by molar-refractivity contribution is 5.97. The van der Waals surface area contributed by atoms with Crippen LogP contribution in [0.4, 0.5) is 5.69 Å². The van der Waals surface area contributed by atoms with Gasteiger partial charge in [-0.15, -0.1) is 0 Å². The van der Waals surface area contributed by atoms with E-state index in [-0.39, 0.29) is 12.3 Å². The molecule has 0 saturated heterocycles. The molecule has 1 aromatic carbocycles. The van der Waals surface area contributed by atoms with Crippen LogP contribution in [-0.4, -0.2) is 23.1 Å². The van der Waals surface area contributed by atoms with Gasteiger partial charge in [0.2, 0.25) is 0 Å². The third-order valence-corrected chi connectivity index (χ3v) is 3.29.